The Morgan fingerprint density at radius 3 is 2.89 bits per heavy atom. The van der Waals surface area contributed by atoms with Crippen molar-refractivity contribution < 1.29 is 14.2 Å². The first-order valence-electron chi connectivity index (χ1n) is 8.08. The van der Waals surface area contributed by atoms with Crippen LogP contribution in [-0.4, -0.2) is 44.4 Å². The Hall–Kier alpha value is -3.18. The lowest BCUT2D eigenvalue weighted by atomic mass is 10.2. The van der Waals surface area contributed by atoms with Gasteiger partial charge in [0.2, 0.25) is 17.6 Å². The van der Waals surface area contributed by atoms with Crippen LogP contribution in [0.15, 0.2) is 51.6 Å². The van der Waals surface area contributed by atoms with Crippen LogP contribution in [0.5, 0.6) is 0 Å². The van der Waals surface area contributed by atoms with E-state index in [0.29, 0.717) is 17.3 Å². The number of aromatic nitrogens is 3. The number of halogens is 1. The highest BCUT2D eigenvalue weighted by Crippen LogP contribution is 2.21. The van der Waals surface area contributed by atoms with Gasteiger partial charge in [0.15, 0.2) is 0 Å². The number of benzene rings is 1. The van der Waals surface area contributed by atoms with E-state index < -0.39 is 4.92 Å². The standard InChI is InChI=1S/C17H15BrN6O4/c1-23(9-15(25)20-14-6-5-12(18)8-19-14)10-16-21-17(22-28-16)11-3-2-4-13(7-11)24(26)27/h2-8H,9-10H2,1H3,(H,19,20,25). The van der Waals surface area contributed by atoms with Crippen LogP contribution in [0.4, 0.5) is 11.5 Å². The zero-order chi connectivity index (χ0) is 20.1. The van der Waals surface area contributed by atoms with Gasteiger partial charge in [-0.15, -0.1) is 0 Å². The molecule has 0 aliphatic carbocycles. The second kappa shape index (κ2) is 8.67. The van der Waals surface area contributed by atoms with Crippen LogP contribution < -0.4 is 5.32 Å². The molecule has 0 fully saturated rings. The van der Waals surface area contributed by atoms with Gasteiger partial charge < -0.3 is 9.84 Å². The maximum Gasteiger partial charge on any atom is 0.270 e. The summed E-state index contributed by atoms with van der Waals surface area (Å²) in [7, 11) is 1.73. The molecule has 3 rings (SSSR count). The summed E-state index contributed by atoms with van der Waals surface area (Å²) in [5, 5.41) is 17.4. The second-order valence-corrected chi connectivity index (χ2v) is 6.82. The Balaban J connectivity index is 1.58. The number of nitrogens with zero attached hydrogens (tertiary/aromatic N) is 5. The first kappa shape index (κ1) is 19.6. The minimum Gasteiger partial charge on any atom is -0.338 e. The van der Waals surface area contributed by atoms with Crippen LogP contribution >= 0.6 is 15.9 Å². The van der Waals surface area contributed by atoms with E-state index in [2.05, 4.69) is 36.4 Å². The topological polar surface area (TPSA) is 127 Å². The maximum absolute atomic E-state index is 12.1. The van der Waals surface area contributed by atoms with Gasteiger partial charge in [0, 0.05) is 28.4 Å². The molecule has 10 nitrogen and oxygen atoms in total. The van der Waals surface area contributed by atoms with Crippen molar-refractivity contribution in [2.45, 2.75) is 6.54 Å². The summed E-state index contributed by atoms with van der Waals surface area (Å²) in [5.74, 6) is 0.747. The normalized spacial score (nSPS) is 10.8. The summed E-state index contributed by atoms with van der Waals surface area (Å²) in [6.45, 7) is 0.329. The van der Waals surface area contributed by atoms with Gasteiger partial charge in [0.25, 0.3) is 5.69 Å². The van der Waals surface area contributed by atoms with Crippen LogP contribution in [0.2, 0.25) is 0 Å². The van der Waals surface area contributed by atoms with Gasteiger partial charge in [-0.3, -0.25) is 19.8 Å². The van der Waals surface area contributed by atoms with Gasteiger partial charge >= 0.3 is 0 Å². The van der Waals surface area contributed by atoms with Crippen molar-refractivity contribution in [2.75, 3.05) is 18.9 Å². The third-order valence-corrected chi connectivity index (χ3v) is 4.07. The highest BCUT2D eigenvalue weighted by molar-refractivity contribution is 9.10. The number of hydrogen-bond donors (Lipinski definition) is 1. The lowest BCUT2D eigenvalue weighted by Gasteiger charge is -2.13. The molecular formula is C17H15BrN6O4. The monoisotopic (exact) mass is 446 g/mol. The fraction of sp³-hybridized carbons (Fsp3) is 0.176. The van der Waals surface area contributed by atoms with Gasteiger partial charge in [-0.25, -0.2) is 4.98 Å². The molecular weight excluding hydrogens is 432 g/mol. The van der Waals surface area contributed by atoms with Crippen LogP contribution in [0.25, 0.3) is 11.4 Å². The van der Waals surface area contributed by atoms with Crippen molar-refractivity contribution in [1.82, 2.24) is 20.0 Å². The molecule has 2 aromatic heterocycles. The zero-order valence-electron chi connectivity index (χ0n) is 14.7. The van der Waals surface area contributed by atoms with Gasteiger partial charge in [0.1, 0.15) is 5.82 Å². The molecule has 3 aromatic rings. The zero-order valence-corrected chi connectivity index (χ0v) is 16.3. The first-order valence-corrected chi connectivity index (χ1v) is 8.87. The van der Waals surface area contributed by atoms with Crippen LogP contribution in [0.3, 0.4) is 0 Å². The van der Waals surface area contributed by atoms with E-state index in [1.807, 2.05) is 0 Å². The molecule has 0 unspecified atom stereocenters. The van der Waals surface area contributed by atoms with Crippen LogP contribution in [0, 0.1) is 10.1 Å². The SMILES string of the molecule is CN(CC(=O)Nc1ccc(Br)cn1)Cc1nc(-c2cccc([N+](=O)[O-])c2)no1. The van der Waals surface area contributed by atoms with Crippen LogP contribution in [-0.2, 0) is 11.3 Å². The highest BCUT2D eigenvalue weighted by Gasteiger charge is 2.15. The third kappa shape index (κ3) is 5.18. The number of carbonyl (C=O) groups is 1. The number of amides is 1. The number of nitro benzene ring substituents is 1. The summed E-state index contributed by atoms with van der Waals surface area (Å²) >= 11 is 3.28. The molecule has 0 spiro atoms. The van der Waals surface area contributed by atoms with Gasteiger partial charge in [-0.2, -0.15) is 4.98 Å². The molecule has 1 amide bonds. The molecule has 11 heteroatoms. The van der Waals surface area contributed by atoms with Crippen molar-refractivity contribution in [2.24, 2.45) is 0 Å². The van der Waals surface area contributed by atoms with Crippen molar-refractivity contribution in [3.05, 3.63) is 63.1 Å². The van der Waals surface area contributed by atoms with E-state index in [-0.39, 0.29) is 30.5 Å². The minimum absolute atomic E-state index is 0.0563. The summed E-state index contributed by atoms with van der Waals surface area (Å²) in [4.78, 5) is 32.5. The number of rotatable bonds is 7. The quantitative estimate of drug-likeness (QED) is 0.433. The Morgan fingerprint density at radius 1 is 1.36 bits per heavy atom. The van der Waals surface area contributed by atoms with Crippen LogP contribution in [0.1, 0.15) is 5.89 Å². The molecule has 2 heterocycles. The Bertz CT molecular complexity index is 991. The van der Waals surface area contributed by atoms with E-state index in [4.69, 9.17) is 4.52 Å². The summed E-state index contributed by atoms with van der Waals surface area (Å²) < 4.78 is 6.00. The number of likely N-dealkylation sites (N-methyl/N-ethyl adjacent to an activating group) is 1. The highest BCUT2D eigenvalue weighted by atomic mass is 79.9. The van der Waals surface area contributed by atoms with E-state index in [1.54, 1.807) is 42.4 Å². The molecule has 1 aromatic carbocycles. The van der Waals surface area contributed by atoms with E-state index in [9.17, 15) is 14.9 Å². The first-order chi connectivity index (χ1) is 13.4. The van der Waals surface area contributed by atoms with Gasteiger partial charge in [-0.05, 0) is 35.1 Å². The molecule has 144 valence electrons. The molecule has 0 saturated carbocycles. The average molecular weight is 447 g/mol. The summed E-state index contributed by atoms with van der Waals surface area (Å²) in [6, 6.07) is 9.43. The summed E-state index contributed by atoms with van der Waals surface area (Å²) in [5.41, 5.74) is 0.421. The van der Waals surface area contributed by atoms with E-state index in [0.717, 1.165) is 4.47 Å². The average Bonchev–Trinajstić information content (AvgIpc) is 3.12. The number of hydrogen-bond acceptors (Lipinski definition) is 8. The molecule has 28 heavy (non-hydrogen) atoms. The number of nitro groups is 1. The number of non-ortho nitro benzene ring substituents is 1. The largest absolute Gasteiger partial charge is 0.338 e. The Morgan fingerprint density at radius 2 is 2.18 bits per heavy atom. The molecule has 0 bridgehead atoms. The number of pyridine rings is 1. The molecule has 0 radical (unpaired) electrons. The number of carbonyl (C=O) groups excluding carboxylic acids is 1. The Labute approximate surface area is 167 Å². The summed E-state index contributed by atoms with van der Waals surface area (Å²) in [6.07, 6.45) is 1.59. The predicted molar refractivity (Wildman–Crippen MR) is 103 cm³/mol. The smallest absolute Gasteiger partial charge is 0.270 e. The van der Waals surface area contributed by atoms with Crippen molar-refractivity contribution >= 4 is 33.3 Å². The second-order valence-electron chi connectivity index (χ2n) is 5.90. The minimum atomic E-state index is -0.489. The van der Waals surface area contributed by atoms with Gasteiger partial charge in [-0.1, -0.05) is 17.3 Å². The lowest BCUT2D eigenvalue weighted by Crippen LogP contribution is -2.30. The van der Waals surface area contributed by atoms with Crippen molar-refractivity contribution in [1.29, 1.82) is 0 Å². The fourth-order valence-corrected chi connectivity index (χ4v) is 2.59. The molecule has 1 N–H and O–H groups in total. The predicted octanol–water partition coefficient (Wildman–Crippen LogP) is 2.87. The molecule has 0 atom stereocenters. The third-order valence-electron chi connectivity index (χ3n) is 3.60. The molecule has 0 aliphatic heterocycles. The van der Waals surface area contributed by atoms with E-state index in [1.165, 1.54) is 12.1 Å². The fourth-order valence-electron chi connectivity index (χ4n) is 2.36. The lowest BCUT2D eigenvalue weighted by molar-refractivity contribution is -0.384. The van der Waals surface area contributed by atoms with E-state index >= 15 is 0 Å². The van der Waals surface area contributed by atoms with Gasteiger partial charge in [0.05, 0.1) is 18.0 Å². The number of anilines is 1. The Kier molecular flexibility index (Phi) is 6.06. The molecule has 0 saturated heterocycles. The number of nitrogens with one attached hydrogen (secondary N) is 1. The maximum atomic E-state index is 12.1. The van der Waals surface area contributed by atoms with Crippen molar-refractivity contribution in [3.8, 4) is 11.4 Å². The molecule has 0 aliphatic rings. The van der Waals surface area contributed by atoms with Crippen molar-refractivity contribution in [3.63, 3.8) is 0 Å².